The average molecular weight is 435 g/mol. The number of nitrogens with one attached hydrogen (secondary N) is 2. The minimum absolute atomic E-state index is 0.0443. The second-order valence-electron chi connectivity index (χ2n) is 6.39. The van der Waals surface area contributed by atoms with E-state index in [-0.39, 0.29) is 61.1 Å². The van der Waals surface area contributed by atoms with Crippen LogP contribution in [0.5, 0.6) is 0 Å². The molecule has 0 saturated carbocycles. The maximum Gasteiger partial charge on any atom is 0.337 e. The number of esters is 2. The Labute approximate surface area is 175 Å². The van der Waals surface area contributed by atoms with Crippen LogP contribution in [0, 0.1) is 11.6 Å². The highest BCUT2D eigenvalue weighted by Gasteiger charge is 2.24. The number of aryl methyl sites for hydroxylation is 1. The number of aromatic nitrogens is 1. The van der Waals surface area contributed by atoms with Crippen LogP contribution in [0.1, 0.15) is 19.2 Å². The minimum Gasteiger partial charge on any atom is -0.463 e. The van der Waals surface area contributed by atoms with Crippen molar-refractivity contribution in [2.24, 2.45) is 0 Å². The van der Waals surface area contributed by atoms with Gasteiger partial charge in [-0.3, -0.25) is 4.79 Å². The molecular weight excluding hydrogens is 416 g/mol. The van der Waals surface area contributed by atoms with Gasteiger partial charge < -0.3 is 24.5 Å². The fraction of sp³-hybridized carbons (Fsp3) is 0.300. The number of carbonyl (C=O) groups is 3. The number of hydrogen-bond donors (Lipinski definition) is 2. The molecule has 164 valence electrons. The highest BCUT2D eigenvalue weighted by molar-refractivity contribution is 5.93. The van der Waals surface area contributed by atoms with Gasteiger partial charge in [0.05, 0.1) is 42.6 Å². The van der Waals surface area contributed by atoms with Crippen LogP contribution >= 0.6 is 0 Å². The predicted octanol–water partition coefficient (Wildman–Crippen LogP) is 2.23. The number of oxazole rings is 1. The van der Waals surface area contributed by atoms with Gasteiger partial charge in [-0.25, -0.2) is 23.4 Å². The fourth-order valence-electron chi connectivity index (χ4n) is 2.74. The Morgan fingerprint density at radius 3 is 2.81 bits per heavy atom. The first kappa shape index (κ1) is 21.9. The monoisotopic (exact) mass is 435 g/mol. The quantitative estimate of drug-likeness (QED) is 0.610. The first-order valence-electron chi connectivity index (χ1n) is 9.37. The lowest BCUT2D eigenvalue weighted by atomic mass is 10.1. The topological polar surface area (TPSA) is 120 Å². The van der Waals surface area contributed by atoms with Crippen LogP contribution in [0.4, 0.5) is 13.6 Å². The maximum absolute atomic E-state index is 13.8. The van der Waals surface area contributed by atoms with E-state index >= 15 is 0 Å². The zero-order valence-electron chi connectivity index (χ0n) is 16.5. The molecule has 0 atom stereocenters. The van der Waals surface area contributed by atoms with Gasteiger partial charge in [-0.05, 0) is 19.1 Å². The third kappa shape index (κ3) is 5.65. The minimum atomic E-state index is -0.795. The molecule has 0 fully saturated rings. The largest absolute Gasteiger partial charge is 0.463 e. The van der Waals surface area contributed by atoms with Crippen molar-refractivity contribution in [3.63, 3.8) is 0 Å². The van der Waals surface area contributed by atoms with E-state index in [9.17, 15) is 23.2 Å². The molecule has 2 N–H and O–H groups in total. The summed E-state index contributed by atoms with van der Waals surface area (Å²) in [6.45, 7) is 1.43. The first-order chi connectivity index (χ1) is 14.9. The molecule has 1 aromatic heterocycles. The van der Waals surface area contributed by atoms with E-state index in [1.165, 1.54) is 12.3 Å². The van der Waals surface area contributed by atoms with Gasteiger partial charge in [-0.1, -0.05) is 0 Å². The molecule has 0 bridgehead atoms. The Balaban J connectivity index is 1.56. The maximum atomic E-state index is 13.8. The molecule has 0 saturated heterocycles. The highest BCUT2D eigenvalue weighted by Crippen LogP contribution is 2.24. The second kappa shape index (κ2) is 9.83. The summed E-state index contributed by atoms with van der Waals surface area (Å²) in [6.07, 6.45) is 1.23. The normalized spacial score (nSPS) is 13.5. The fourth-order valence-corrected chi connectivity index (χ4v) is 2.74. The van der Waals surface area contributed by atoms with E-state index in [1.807, 2.05) is 0 Å². The number of amides is 2. The summed E-state index contributed by atoms with van der Waals surface area (Å²) in [5.41, 5.74) is 0.344. The average Bonchev–Trinajstić information content (AvgIpc) is 3.19. The van der Waals surface area contributed by atoms with E-state index in [1.54, 1.807) is 6.92 Å². The molecule has 0 aliphatic carbocycles. The molecule has 9 nitrogen and oxygen atoms in total. The number of urea groups is 1. The van der Waals surface area contributed by atoms with Crippen LogP contribution in [0.3, 0.4) is 0 Å². The van der Waals surface area contributed by atoms with Crippen molar-refractivity contribution in [2.45, 2.75) is 19.8 Å². The standard InChI is InChI=1S/C20H19F2N3O6/c1-2-29-19(27)13-8-24-20(28)25-15(13)10-30-18(26)6-5-17-23-9-16(31-17)12-4-3-11(21)7-14(12)22/h3-4,7,9H,2,5-6,8,10H2,1H3,(H2,24,25,28). The van der Waals surface area contributed by atoms with Gasteiger partial charge in [-0.15, -0.1) is 0 Å². The van der Waals surface area contributed by atoms with Gasteiger partial charge in [0.2, 0.25) is 0 Å². The Morgan fingerprint density at radius 2 is 2.06 bits per heavy atom. The molecule has 0 unspecified atom stereocenters. The number of carbonyl (C=O) groups excluding carboxylic acids is 3. The van der Waals surface area contributed by atoms with Gasteiger partial charge in [-0.2, -0.15) is 0 Å². The van der Waals surface area contributed by atoms with E-state index in [0.29, 0.717) is 0 Å². The first-order valence-corrected chi connectivity index (χ1v) is 9.37. The van der Waals surface area contributed by atoms with Crippen molar-refractivity contribution in [1.29, 1.82) is 0 Å². The van der Waals surface area contributed by atoms with Crippen LogP contribution in [-0.2, 0) is 25.5 Å². The summed E-state index contributed by atoms with van der Waals surface area (Å²) in [5, 5.41) is 4.87. The van der Waals surface area contributed by atoms with E-state index in [0.717, 1.165) is 12.1 Å². The molecule has 1 aliphatic rings. The number of nitrogens with zero attached hydrogens (tertiary/aromatic N) is 1. The zero-order chi connectivity index (χ0) is 22.4. The van der Waals surface area contributed by atoms with Crippen molar-refractivity contribution in [3.8, 4) is 11.3 Å². The molecule has 2 amide bonds. The number of ether oxygens (including phenoxy) is 2. The lowest BCUT2D eigenvalue weighted by Gasteiger charge is -2.21. The molecule has 2 heterocycles. The lowest BCUT2D eigenvalue weighted by molar-refractivity contribution is -0.143. The summed E-state index contributed by atoms with van der Waals surface area (Å²) >= 11 is 0. The Kier molecular flexibility index (Phi) is 6.96. The van der Waals surface area contributed by atoms with Crippen molar-refractivity contribution in [3.05, 3.63) is 53.2 Å². The molecule has 1 aliphatic heterocycles. The Bertz CT molecular complexity index is 1030. The molecule has 0 radical (unpaired) electrons. The predicted molar refractivity (Wildman–Crippen MR) is 101 cm³/mol. The third-order valence-electron chi connectivity index (χ3n) is 4.25. The smallest absolute Gasteiger partial charge is 0.337 e. The summed E-state index contributed by atoms with van der Waals surface area (Å²) in [4.78, 5) is 39.5. The third-order valence-corrected chi connectivity index (χ3v) is 4.25. The molecule has 11 heteroatoms. The Morgan fingerprint density at radius 1 is 1.26 bits per heavy atom. The molecule has 1 aromatic carbocycles. The van der Waals surface area contributed by atoms with Crippen molar-refractivity contribution in [1.82, 2.24) is 15.6 Å². The highest BCUT2D eigenvalue weighted by atomic mass is 19.1. The molecule has 31 heavy (non-hydrogen) atoms. The van der Waals surface area contributed by atoms with Gasteiger partial charge in [0.25, 0.3) is 0 Å². The van der Waals surface area contributed by atoms with Crippen LogP contribution in [-0.4, -0.2) is 42.7 Å². The molecule has 2 aromatic rings. The van der Waals surface area contributed by atoms with Crippen LogP contribution in [0.2, 0.25) is 0 Å². The van der Waals surface area contributed by atoms with E-state index in [4.69, 9.17) is 13.9 Å². The van der Waals surface area contributed by atoms with Gasteiger partial charge in [0.1, 0.15) is 18.2 Å². The second-order valence-corrected chi connectivity index (χ2v) is 6.39. The number of benzene rings is 1. The van der Waals surface area contributed by atoms with Gasteiger partial charge in [0.15, 0.2) is 11.7 Å². The van der Waals surface area contributed by atoms with Gasteiger partial charge in [0, 0.05) is 12.5 Å². The van der Waals surface area contributed by atoms with Crippen molar-refractivity contribution in [2.75, 3.05) is 19.8 Å². The summed E-state index contributed by atoms with van der Waals surface area (Å²) in [7, 11) is 0. The van der Waals surface area contributed by atoms with Crippen LogP contribution in [0.15, 0.2) is 40.1 Å². The number of hydrogen-bond acceptors (Lipinski definition) is 7. The summed E-state index contributed by atoms with van der Waals surface area (Å²) < 4.78 is 42.3. The Hall–Kier alpha value is -3.76. The molecular formula is C20H19F2N3O6. The lowest BCUT2D eigenvalue weighted by Crippen LogP contribution is -2.45. The van der Waals surface area contributed by atoms with Crippen LogP contribution in [0.25, 0.3) is 11.3 Å². The number of halogens is 2. The number of rotatable bonds is 8. The van der Waals surface area contributed by atoms with Crippen molar-refractivity contribution >= 4 is 18.0 Å². The zero-order valence-corrected chi connectivity index (χ0v) is 16.5. The SMILES string of the molecule is CCOC(=O)C1=C(COC(=O)CCc2ncc(-c3ccc(F)cc3F)o2)NC(=O)NC1. The van der Waals surface area contributed by atoms with E-state index < -0.39 is 29.6 Å². The van der Waals surface area contributed by atoms with Crippen LogP contribution < -0.4 is 10.6 Å². The summed E-state index contributed by atoms with van der Waals surface area (Å²) in [6, 6.07) is 2.52. The van der Waals surface area contributed by atoms with Crippen molar-refractivity contribution < 1.29 is 37.1 Å². The molecule has 0 spiro atoms. The van der Waals surface area contributed by atoms with E-state index in [2.05, 4.69) is 15.6 Å². The molecule has 3 rings (SSSR count). The van der Waals surface area contributed by atoms with Gasteiger partial charge >= 0.3 is 18.0 Å². The summed E-state index contributed by atoms with van der Waals surface area (Å²) in [5.74, 6) is -2.50.